The summed E-state index contributed by atoms with van der Waals surface area (Å²) in [5, 5.41) is 0. The predicted molar refractivity (Wildman–Crippen MR) is 104 cm³/mol. The average Bonchev–Trinajstić information content (AvgIpc) is 2.74. The first kappa shape index (κ1) is 21.3. The summed E-state index contributed by atoms with van der Waals surface area (Å²) in [6.07, 6.45) is 3.16. The van der Waals surface area contributed by atoms with Crippen LogP contribution in [-0.2, 0) is 9.47 Å². The number of methoxy groups -OCH3 is 4. The number of allylic oxidation sites excluding steroid dienone is 1. The van der Waals surface area contributed by atoms with Gasteiger partial charge >= 0.3 is 0 Å². The molecule has 0 amide bonds. The molecule has 7 nitrogen and oxygen atoms in total. The van der Waals surface area contributed by atoms with E-state index in [9.17, 15) is 4.79 Å². The Labute approximate surface area is 164 Å². The van der Waals surface area contributed by atoms with Crippen LogP contribution in [0.15, 0.2) is 42.5 Å². The Balaban J connectivity index is 2.33. The number of hydrogen-bond acceptors (Lipinski definition) is 7. The minimum atomic E-state index is -0.280. The fourth-order valence-corrected chi connectivity index (χ4v) is 2.39. The lowest BCUT2D eigenvalue weighted by atomic mass is 10.1. The third kappa shape index (κ3) is 5.73. The van der Waals surface area contributed by atoms with Crippen LogP contribution in [0.3, 0.4) is 0 Å². The summed E-state index contributed by atoms with van der Waals surface area (Å²) in [7, 11) is 6.08. The van der Waals surface area contributed by atoms with Crippen molar-refractivity contribution < 1.29 is 33.2 Å². The first-order chi connectivity index (χ1) is 13.6. The number of rotatable bonds is 11. The standard InChI is InChI=1S/C21H24O7/c1-23-13-27-17-11-19(26-4)21(20(12-17)28-14-24-2)18(22)10-7-15-5-8-16(25-3)9-6-15/h5-12H,13-14H2,1-4H3. The van der Waals surface area contributed by atoms with E-state index >= 15 is 0 Å². The Morgan fingerprint density at radius 3 is 2.07 bits per heavy atom. The van der Waals surface area contributed by atoms with Gasteiger partial charge in [0.15, 0.2) is 19.4 Å². The molecule has 2 rings (SSSR count). The fourth-order valence-electron chi connectivity index (χ4n) is 2.39. The SMILES string of the molecule is COCOc1cc(OC)c(C(=O)C=Cc2ccc(OC)cc2)c(OCOC)c1. The van der Waals surface area contributed by atoms with Crippen LogP contribution in [0.4, 0.5) is 0 Å². The molecule has 0 saturated heterocycles. The molecule has 7 heteroatoms. The maximum Gasteiger partial charge on any atom is 0.193 e. The zero-order valence-electron chi connectivity index (χ0n) is 16.4. The molecule has 0 aliphatic rings. The molecule has 0 fully saturated rings. The van der Waals surface area contributed by atoms with Gasteiger partial charge in [-0.1, -0.05) is 18.2 Å². The topological polar surface area (TPSA) is 72.5 Å². The third-order valence-electron chi connectivity index (χ3n) is 3.72. The zero-order valence-corrected chi connectivity index (χ0v) is 16.4. The molecule has 0 aromatic heterocycles. The summed E-state index contributed by atoms with van der Waals surface area (Å²) in [6, 6.07) is 10.5. The van der Waals surface area contributed by atoms with E-state index in [4.69, 9.17) is 28.4 Å². The number of ketones is 1. The van der Waals surface area contributed by atoms with Gasteiger partial charge in [0.2, 0.25) is 0 Å². The highest BCUT2D eigenvalue weighted by Crippen LogP contribution is 2.35. The molecule has 2 aromatic rings. The van der Waals surface area contributed by atoms with Gasteiger partial charge in [0.1, 0.15) is 28.6 Å². The molecular formula is C21H24O7. The largest absolute Gasteiger partial charge is 0.497 e. The van der Waals surface area contributed by atoms with E-state index in [1.54, 1.807) is 25.3 Å². The second-order valence-corrected chi connectivity index (χ2v) is 5.57. The van der Waals surface area contributed by atoms with Crippen LogP contribution in [0.25, 0.3) is 6.08 Å². The third-order valence-corrected chi connectivity index (χ3v) is 3.72. The van der Waals surface area contributed by atoms with Crippen LogP contribution in [0.1, 0.15) is 15.9 Å². The molecular weight excluding hydrogens is 364 g/mol. The molecule has 28 heavy (non-hydrogen) atoms. The quantitative estimate of drug-likeness (QED) is 0.331. The van der Waals surface area contributed by atoms with Crippen LogP contribution in [0, 0.1) is 0 Å². The van der Waals surface area contributed by atoms with Crippen molar-refractivity contribution in [3.05, 3.63) is 53.6 Å². The maximum atomic E-state index is 12.9. The van der Waals surface area contributed by atoms with Crippen molar-refractivity contribution in [2.75, 3.05) is 42.0 Å². The van der Waals surface area contributed by atoms with Gasteiger partial charge in [0, 0.05) is 26.4 Å². The van der Waals surface area contributed by atoms with Gasteiger partial charge in [0.25, 0.3) is 0 Å². The lowest BCUT2D eigenvalue weighted by Gasteiger charge is -2.15. The Morgan fingerprint density at radius 2 is 1.46 bits per heavy atom. The van der Waals surface area contributed by atoms with Crippen LogP contribution >= 0.6 is 0 Å². The van der Waals surface area contributed by atoms with Crippen LogP contribution in [0.5, 0.6) is 23.0 Å². The molecule has 0 atom stereocenters. The monoisotopic (exact) mass is 388 g/mol. The Morgan fingerprint density at radius 1 is 0.821 bits per heavy atom. The van der Waals surface area contributed by atoms with Gasteiger partial charge in [0.05, 0.1) is 14.2 Å². The van der Waals surface area contributed by atoms with E-state index in [2.05, 4.69) is 0 Å². The maximum absolute atomic E-state index is 12.9. The molecule has 0 radical (unpaired) electrons. The minimum absolute atomic E-state index is 0.0284. The van der Waals surface area contributed by atoms with Gasteiger partial charge in [-0.05, 0) is 23.8 Å². The Kier molecular flexibility index (Phi) is 8.33. The number of ether oxygens (including phenoxy) is 6. The van der Waals surface area contributed by atoms with Gasteiger partial charge in [-0.3, -0.25) is 4.79 Å². The van der Waals surface area contributed by atoms with E-state index < -0.39 is 0 Å². The molecule has 0 spiro atoms. The van der Waals surface area contributed by atoms with Crippen molar-refractivity contribution in [3.8, 4) is 23.0 Å². The molecule has 0 aliphatic heterocycles. The fraction of sp³-hybridized carbons (Fsp3) is 0.286. The molecule has 0 aliphatic carbocycles. The van der Waals surface area contributed by atoms with Gasteiger partial charge in [-0.2, -0.15) is 0 Å². The van der Waals surface area contributed by atoms with Crippen LogP contribution in [-0.4, -0.2) is 47.8 Å². The van der Waals surface area contributed by atoms with Crippen molar-refractivity contribution >= 4 is 11.9 Å². The highest BCUT2D eigenvalue weighted by atomic mass is 16.7. The van der Waals surface area contributed by atoms with E-state index in [-0.39, 0.29) is 30.7 Å². The second-order valence-electron chi connectivity index (χ2n) is 5.57. The summed E-state index contributed by atoms with van der Waals surface area (Å²) >= 11 is 0. The lowest BCUT2D eigenvalue weighted by Crippen LogP contribution is -2.08. The van der Waals surface area contributed by atoms with Crippen molar-refractivity contribution in [1.82, 2.24) is 0 Å². The molecule has 0 bridgehead atoms. The van der Waals surface area contributed by atoms with Crippen molar-refractivity contribution in [2.45, 2.75) is 0 Å². The highest BCUT2D eigenvalue weighted by Gasteiger charge is 2.19. The van der Waals surface area contributed by atoms with Gasteiger partial charge in [-0.25, -0.2) is 0 Å². The highest BCUT2D eigenvalue weighted by molar-refractivity contribution is 6.10. The summed E-state index contributed by atoms with van der Waals surface area (Å²) < 4.78 is 31.4. The number of carbonyl (C=O) groups excluding carboxylic acids is 1. The Bertz CT molecular complexity index is 797. The van der Waals surface area contributed by atoms with Crippen molar-refractivity contribution in [2.24, 2.45) is 0 Å². The van der Waals surface area contributed by atoms with Gasteiger partial charge < -0.3 is 28.4 Å². The second kappa shape index (κ2) is 11.0. The van der Waals surface area contributed by atoms with E-state index in [1.807, 2.05) is 24.3 Å². The average molecular weight is 388 g/mol. The predicted octanol–water partition coefficient (Wildman–Crippen LogP) is 3.57. The Hall–Kier alpha value is -3.03. The molecule has 150 valence electrons. The van der Waals surface area contributed by atoms with E-state index in [0.29, 0.717) is 11.5 Å². The van der Waals surface area contributed by atoms with Gasteiger partial charge in [-0.15, -0.1) is 0 Å². The summed E-state index contributed by atoms with van der Waals surface area (Å²) in [6.45, 7) is 0.0247. The first-order valence-electron chi connectivity index (χ1n) is 8.45. The molecule has 0 unspecified atom stereocenters. The summed E-state index contributed by atoms with van der Waals surface area (Å²) in [4.78, 5) is 12.9. The molecule has 0 heterocycles. The minimum Gasteiger partial charge on any atom is -0.497 e. The van der Waals surface area contributed by atoms with E-state index in [0.717, 1.165) is 11.3 Å². The van der Waals surface area contributed by atoms with Crippen molar-refractivity contribution in [1.29, 1.82) is 0 Å². The molecule has 0 saturated carbocycles. The van der Waals surface area contributed by atoms with Crippen LogP contribution < -0.4 is 18.9 Å². The summed E-state index contributed by atoms with van der Waals surface area (Å²) in [5.41, 5.74) is 1.13. The van der Waals surface area contributed by atoms with Crippen molar-refractivity contribution in [3.63, 3.8) is 0 Å². The number of hydrogen-bond donors (Lipinski definition) is 0. The van der Waals surface area contributed by atoms with Crippen LogP contribution in [0.2, 0.25) is 0 Å². The smallest absolute Gasteiger partial charge is 0.193 e. The molecule has 0 N–H and O–H groups in total. The number of carbonyl (C=O) groups is 1. The normalized spacial score (nSPS) is 10.7. The lowest BCUT2D eigenvalue weighted by molar-refractivity contribution is 0.0453. The summed E-state index contributed by atoms with van der Waals surface area (Å²) in [5.74, 6) is 1.52. The number of benzene rings is 2. The van der Waals surface area contributed by atoms with E-state index in [1.165, 1.54) is 27.4 Å². The molecule has 2 aromatic carbocycles. The first-order valence-corrected chi connectivity index (χ1v) is 8.45. The zero-order chi connectivity index (χ0) is 20.4.